The van der Waals surface area contributed by atoms with Crippen molar-refractivity contribution < 1.29 is 22.7 Å². The van der Waals surface area contributed by atoms with Crippen molar-refractivity contribution >= 4 is 22.8 Å². The molecule has 3 rings (SSSR count). The number of fused-ring (bicyclic) bond motifs is 1. The van der Waals surface area contributed by atoms with Gasteiger partial charge >= 0.3 is 6.36 Å². The van der Waals surface area contributed by atoms with Crippen molar-refractivity contribution in [3.05, 3.63) is 83.9 Å². The maximum Gasteiger partial charge on any atom is 0.573 e. The zero-order chi connectivity index (χ0) is 20.1. The highest BCUT2D eigenvalue weighted by Gasteiger charge is 2.31. The normalized spacial score (nSPS) is 12.9. The van der Waals surface area contributed by atoms with E-state index in [1.165, 1.54) is 30.4 Å². The molecule has 0 saturated carbocycles. The lowest BCUT2D eigenvalue weighted by Gasteiger charge is -2.14. The fraction of sp³-hybridized carbons (Fsp3) is 0.136. The number of hydrogen-bond donors (Lipinski definition) is 1. The van der Waals surface area contributed by atoms with Crippen LogP contribution in [0, 0.1) is 0 Å². The van der Waals surface area contributed by atoms with Gasteiger partial charge in [0, 0.05) is 6.08 Å². The molecule has 1 atom stereocenters. The van der Waals surface area contributed by atoms with Gasteiger partial charge in [0.05, 0.1) is 6.04 Å². The molecular formula is C22H18F3NO2. The van der Waals surface area contributed by atoms with E-state index in [0.717, 1.165) is 16.3 Å². The third-order valence-corrected chi connectivity index (χ3v) is 4.15. The Morgan fingerprint density at radius 1 is 1.00 bits per heavy atom. The lowest BCUT2D eigenvalue weighted by atomic mass is 10.0. The molecule has 1 amide bonds. The Hall–Kier alpha value is -3.28. The summed E-state index contributed by atoms with van der Waals surface area (Å²) in [5.41, 5.74) is 1.39. The highest BCUT2D eigenvalue weighted by molar-refractivity contribution is 5.92. The number of hydrogen-bond acceptors (Lipinski definition) is 2. The van der Waals surface area contributed by atoms with Gasteiger partial charge < -0.3 is 10.1 Å². The first-order valence-corrected chi connectivity index (χ1v) is 8.63. The molecule has 1 N–H and O–H groups in total. The SMILES string of the molecule is CC(NC(=O)/C=C/c1cccc(OC(F)(F)F)c1)c1ccc2ccccc2c1. The van der Waals surface area contributed by atoms with Crippen LogP contribution < -0.4 is 10.1 Å². The van der Waals surface area contributed by atoms with Crippen LogP contribution in [-0.4, -0.2) is 12.3 Å². The van der Waals surface area contributed by atoms with Crippen molar-refractivity contribution in [2.75, 3.05) is 0 Å². The Kier molecular flexibility index (Phi) is 5.68. The second-order valence-corrected chi connectivity index (χ2v) is 6.29. The topological polar surface area (TPSA) is 38.3 Å². The maximum atomic E-state index is 12.3. The summed E-state index contributed by atoms with van der Waals surface area (Å²) in [7, 11) is 0. The summed E-state index contributed by atoms with van der Waals surface area (Å²) in [4.78, 5) is 12.2. The molecule has 0 aliphatic carbocycles. The van der Waals surface area contributed by atoms with Gasteiger partial charge in [0.15, 0.2) is 0 Å². The predicted molar refractivity (Wildman–Crippen MR) is 103 cm³/mol. The summed E-state index contributed by atoms with van der Waals surface area (Å²) in [5, 5.41) is 5.04. The molecule has 0 bridgehead atoms. The summed E-state index contributed by atoms with van der Waals surface area (Å²) in [6.07, 6.45) is -2.04. The van der Waals surface area contributed by atoms with E-state index in [0.29, 0.717) is 5.56 Å². The third-order valence-electron chi connectivity index (χ3n) is 4.15. The van der Waals surface area contributed by atoms with Gasteiger partial charge in [0.1, 0.15) is 5.75 Å². The van der Waals surface area contributed by atoms with E-state index >= 15 is 0 Å². The number of nitrogens with one attached hydrogen (secondary N) is 1. The minimum atomic E-state index is -4.75. The number of carbonyl (C=O) groups excluding carboxylic acids is 1. The van der Waals surface area contributed by atoms with Crippen molar-refractivity contribution in [1.82, 2.24) is 5.32 Å². The fourth-order valence-corrected chi connectivity index (χ4v) is 2.81. The zero-order valence-electron chi connectivity index (χ0n) is 15.0. The highest BCUT2D eigenvalue weighted by atomic mass is 19.4. The molecular weight excluding hydrogens is 367 g/mol. The molecule has 28 heavy (non-hydrogen) atoms. The van der Waals surface area contributed by atoms with Crippen molar-refractivity contribution in [3.63, 3.8) is 0 Å². The number of alkyl halides is 3. The van der Waals surface area contributed by atoms with E-state index in [1.54, 1.807) is 6.07 Å². The largest absolute Gasteiger partial charge is 0.573 e. The van der Waals surface area contributed by atoms with Crippen molar-refractivity contribution in [2.45, 2.75) is 19.3 Å². The van der Waals surface area contributed by atoms with Crippen LogP contribution >= 0.6 is 0 Å². The molecule has 0 aliphatic rings. The fourth-order valence-electron chi connectivity index (χ4n) is 2.81. The van der Waals surface area contributed by atoms with Gasteiger partial charge in [0.2, 0.25) is 5.91 Å². The molecule has 6 heteroatoms. The molecule has 3 nitrogen and oxygen atoms in total. The first kappa shape index (κ1) is 19.5. The lowest BCUT2D eigenvalue weighted by molar-refractivity contribution is -0.274. The van der Waals surface area contributed by atoms with Gasteiger partial charge in [-0.25, -0.2) is 0 Å². The standard InChI is InChI=1S/C22H18F3NO2/c1-15(18-11-10-17-6-2-3-7-19(17)14-18)26-21(27)12-9-16-5-4-8-20(13-16)28-22(23,24)25/h2-15H,1H3,(H,26,27)/b12-9+. The van der Waals surface area contributed by atoms with Gasteiger partial charge in [-0.1, -0.05) is 48.5 Å². The molecule has 0 heterocycles. The number of halogens is 3. The number of rotatable bonds is 5. The molecule has 0 spiro atoms. The number of benzene rings is 3. The Balaban J connectivity index is 1.65. The Morgan fingerprint density at radius 2 is 1.75 bits per heavy atom. The molecule has 144 valence electrons. The average molecular weight is 385 g/mol. The summed E-state index contributed by atoms with van der Waals surface area (Å²) in [6, 6.07) is 19.1. The van der Waals surface area contributed by atoms with E-state index in [9.17, 15) is 18.0 Å². The molecule has 3 aromatic rings. The van der Waals surface area contributed by atoms with E-state index in [4.69, 9.17) is 0 Å². The van der Waals surface area contributed by atoms with Crippen LogP contribution in [0.2, 0.25) is 0 Å². The lowest BCUT2D eigenvalue weighted by Crippen LogP contribution is -2.24. The quantitative estimate of drug-likeness (QED) is 0.578. The smallest absolute Gasteiger partial charge is 0.406 e. The Morgan fingerprint density at radius 3 is 2.50 bits per heavy atom. The second kappa shape index (κ2) is 8.17. The highest BCUT2D eigenvalue weighted by Crippen LogP contribution is 2.24. The van der Waals surface area contributed by atoms with Crippen molar-refractivity contribution in [2.24, 2.45) is 0 Å². The van der Waals surface area contributed by atoms with Crippen LogP contribution in [0.25, 0.3) is 16.8 Å². The maximum absolute atomic E-state index is 12.3. The molecule has 0 saturated heterocycles. The van der Waals surface area contributed by atoms with Gasteiger partial charge in [0.25, 0.3) is 0 Å². The zero-order valence-corrected chi connectivity index (χ0v) is 15.0. The number of ether oxygens (including phenoxy) is 1. The summed E-state index contributed by atoms with van der Waals surface area (Å²) >= 11 is 0. The minimum Gasteiger partial charge on any atom is -0.406 e. The number of amides is 1. The Labute approximate surface area is 160 Å². The van der Waals surface area contributed by atoms with Crippen molar-refractivity contribution in [1.29, 1.82) is 0 Å². The van der Waals surface area contributed by atoms with Crippen molar-refractivity contribution in [3.8, 4) is 5.75 Å². The molecule has 0 radical (unpaired) electrons. The van der Waals surface area contributed by atoms with Gasteiger partial charge in [-0.3, -0.25) is 4.79 Å². The van der Waals surface area contributed by atoms with Gasteiger partial charge in [-0.15, -0.1) is 13.2 Å². The van der Waals surface area contributed by atoms with Crippen LogP contribution in [0.5, 0.6) is 5.75 Å². The first-order valence-electron chi connectivity index (χ1n) is 8.63. The predicted octanol–water partition coefficient (Wildman–Crippen LogP) is 5.63. The van der Waals surface area contributed by atoms with E-state index < -0.39 is 6.36 Å². The summed E-state index contributed by atoms with van der Waals surface area (Å²) in [5.74, 6) is -0.678. The monoisotopic (exact) mass is 385 g/mol. The third kappa shape index (κ3) is 5.36. The van der Waals surface area contributed by atoms with Crippen LogP contribution in [0.4, 0.5) is 13.2 Å². The van der Waals surface area contributed by atoms with E-state index in [-0.39, 0.29) is 17.7 Å². The van der Waals surface area contributed by atoms with Gasteiger partial charge in [-0.2, -0.15) is 0 Å². The van der Waals surface area contributed by atoms with Crippen LogP contribution in [-0.2, 0) is 4.79 Å². The molecule has 0 aromatic heterocycles. The van der Waals surface area contributed by atoms with Crippen LogP contribution in [0.15, 0.2) is 72.8 Å². The minimum absolute atomic E-state index is 0.221. The second-order valence-electron chi connectivity index (χ2n) is 6.29. The first-order chi connectivity index (χ1) is 13.3. The Bertz CT molecular complexity index is 1010. The van der Waals surface area contributed by atoms with Crippen LogP contribution in [0.3, 0.4) is 0 Å². The van der Waals surface area contributed by atoms with E-state index in [1.807, 2.05) is 49.4 Å². The molecule has 3 aromatic carbocycles. The van der Waals surface area contributed by atoms with Gasteiger partial charge in [-0.05, 0) is 53.1 Å². The average Bonchev–Trinajstić information content (AvgIpc) is 2.65. The molecule has 0 aliphatic heterocycles. The number of carbonyl (C=O) groups is 1. The summed E-state index contributed by atoms with van der Waals surface area (Å²) < 4.78 is 40.7. The van der Waals surface area contributed by atoms with E-state index in [2.05, 4.69) is 10.1 Å². The summed E-state index contributed by atoms with van der Waals surface area (Å²) in [6.45, 7) is 1.87. The molecule has 1 unspecified atom stereocenters. The molecule has 0 fully saturated rings. The van der Waals surface area contributed by atoms with Crippen LogP contribution in [0.1, 0.15) is 24.1 Å².